The van der Waals surface area contributed by atoms with Gasteiger partial charge in [0, 0.05) is 11.4 Å². The molecule has 0 bridgehead atoms. The summed E-state index contributed by atoms with van der Waals surface area (Å²) < 4.78 is 0. The molecular formula is C13H13N3O2. The van der Waals surface area contributed by atoms with Gasteiger partial charge in [0.15, 0.2) is 0 Å². The van der Waals surface area contributed by atoms with Crippen molar-refractivity contribution in [2.75, 3.05) is 11.4 Å². The Balaban J connectivity index is 2.08. The molecule has 18 heavy (non-hydrogen) atoms. The molecule has 1 fully saturated rings. The van der Waals surface area contributed by atoms with E-state index in [4.69, 9.17) is 5.11 Å². The fourth-order valence-corrected chi connectivity index (χ4v) is 2.13. The number of fused-ring (bicyclic) bond motifs is 1. The highest BCUT2D eigenvalue weighted by molar-refractivity contribution is 5.90. The second-order valence-corrected chi connectivity index (χ2v) is 4.47. The average molecular weight is 243 g/mol. The van der Waals surface area contributed by atoms with Gasteiger partial charge in [-0.1, -0.05) is 12.1 Å². The normalized spacial score (nSPS) is 14.7. The fourth-order valence-electron chi connectivity index (χ4n) is 2.13. The highest BCUT2D eigenvalue weighted by Crippen LogP contribution is 2.33. The van der Waals surface area contributed by atoms with Gasteiger partial charge in [0.1, 0.15) is 18.7 Å². The first-order valence-electron chi connectivity index (χ1n) is 5.94. The maximum Gasteiger partial charge on any atom is 0.323 e. The summed E-state index contributed by atoms with van der Waals surface area (Å²) in [4.78, 5) is 21.3. The summed E-state index contributed by atoms with van der Waals surface area (Å²) in [7, 11) is 0. The van der Waals surface area contributed by atoms with Gasteiger partial charge in [0.05, 0.1) is 5.52 Å². The topological polar surface area (TPSA) is 66.3 Å². The Kier molecular flexibility index (Phi) is 2.59. The molecule has 1 aliphatic carbocycles. The minimum Gasteiger partial charge on any atom is -0.480 e. The number of rotatable bonds is 4. The summed E-state index contributed by atoms with van der Waals surface area (Å²) in [6, 6.07) is 7.98. The van der Waals surface area contributed by atoms with Gasteiger partial charge in [-0.25, -0.2) is 9.97 Å². The van der Waals surface area contributed by atoms with Gasteiger partial charge in [0.2, 0.25) is 0 Å². The molecule has 92 valence electrons. The lowest BCUT2D eigenvalue weighted by Gasteiger charge is -2.22. The monoisotopic (exact) mass is 243 g/mol. The number of carbonyl (C=O) groups is 1. The number of carboxylic acids is 1. The first-order chi connectivity index (χ1) is 8.75. The van der Waals surface area contributed by atoms with Gasteiger partial charge in [-0.3, -0.25) is 4.79 Å². The number of hydrogen-bond acceptors (Lipinski definition) is 4. The van der Waals surface area contributed by atoms with E-state index in [0.29, 0.717) is 6.04 Å². The van der Waals surface area contributed by atoms with Crippen LogP contribution in [0.25, 0.3) is 10.9 Å². The second-order valence-electron chi connectivity index (χ2n) is 4.47. The minimum atomic E-state index is -0.829. The van der Waals surface area contributed by atoms with Crippen molar-refractivity contribution in [1.82, 2.24) is 9.97 Å². The van der Waals surface area contributed by atoms with Gasteiger partial charge in [-0.05, 0) is 25.0 Å². The second kappa shape index (κ2) is 4.25. The highest BCUT2D eigenvalue weighted by atomic mass is 16.4. The molecule has 3 rings (SSSR count). The molecule has 0 spiro atoms. The number of para-hydroxylation sites is 1. The van der Waals surface area contributed by atoms with Gasteiger partial charge < -0.3 is 10.0 Å². The Bertz CT molecular complexity index is 590. The highest BCUT2D eigenvalue weighted by Gasteiger charge is 2.32. The molecule has 1 aliphatic rings. The van der Waals surface area contributed by atoms with Crippen LogP contribution in [0.4, 0.5) is 5.82 Å². The predicted octanol–water partition coefficient (Wildman–Crippen LogP) is 1.68. The zero-order valence-electron chi connectivity index (χ0n) is 9.78. The number of nitrogens with zero attached hydrogens (tertiary/aromatic N) is 3. The van der Waals surface area contributed by atoms with E-state index < -0.39 is 5.97 Å². The van der Waals surface area contributed by atoms with Crippen molar-refractivity contribution in [1.29, 1.82) is 0 Å². The summed E-state index contributed by atoms with van der Waals surface area (Å²) >= 11 is 0. The van der Waals surface area contributed by atoms with Crippen LogP contribution in [0, 0.1) is 0 Å². The number of carboxylic acid groups (broad SMARTS) is 1. The first-order valence-corrected chi connectivity index (χ1v) is 5.94. The van der Waals surface area contributed by atoms with Gasteiger partial charge in [0.25, 0.3) is 0 Å². The molecule has 1 N–H and O–H groups in total. The van der Waals surface area contributed by atoms with E-state index in [0.717, 1.165) is 29.6 Å². The van der Waals surface area contributed by atoms with Crippen LogP contribution >= 0.6 is 0 Å². The zero-order valence-corrected chi connectivity index (χ0v) is 9.78. The van der Waals surface area contributed by atoms with Gasteiger partial charge in [-0.2, -0.15) is 0 Å². The smallest absolute Gasteiger partial charge is 0.323 e. The zero-order chi connectivity index (χ0) is 12.5. The van der Waals surface area contributed by atoms with Crippen LogP contribution in [0.15, 0.2) is 30.6 Å². The van der Waals surface area contributed by atoms with E-state index in [2.05, 4.69) is 9.97 Å². The Hall–Kier alpha value is -2.17. The van der Waals surface area contributed by atoms with Crippen molar-refractivity contribution in [3.63, 3.8) is 0 Å². The molecule has 0 aliphatic heterocycles. The van der Waals surface area contributed by atoms with Crippen LogP contribution in [0.1, 0.15) is 12.8 Å². The largest absolute Gasteiger partial charge is 0.480 e. The molecule has 0 amide bonds. The number of anilines is 1. The number of hydrogen-bond donors (Lipinski definition) is 1. The van der Waals surface area contributed by atoms with Crippen LogP contribution in [0.5, 0.6) is 0 Å². The predicted molar refractivity (Wildman–Crippen MR) is 67.5 cm³/mol. The third kappa shape index (κ3) is 1.99. The lowest BCUT2D eigenvalue weighted by molar-refractivity contribution is -0.135. The van der Waals surface area contributed by atoms with E-state index in [1.165, 1.54) is 6.33 Å². The van der Waals surface area contributed by atoms with E-state index in [9.17, 15) is 4.79 Å². The van der Waals surface area contributed by atoms with Crippen LogP contribution in [-0.4, -0.2) is 33.6 Å². The maximum absolute atomic E-state index is 11.0. The summed E-state index contributed by atoms with van der Waals surface area (Å²) in [6.07, 6.45) is 3.56. The Morgan fingerprint density at radius 3 is 2.83 bits per heavy atom. The fraction of sp³-hybridized carbons (Fsp3) is 0.308. The molecule has 5 nitrogen and oxygen atoms in total. The van der Waals surface area contributed by atoms with Crippen molar-refractivity contribution < 1.29 is 9.90 Å². The van der Waals surface area contributed by atoms with Crippen molar-refractivity contribution in [3.05, 3.63) is 30.6 Å². The molecule has 1 heterocycles. The Morgan fingerprint density at radius 1 is 1.33 bits per heavy atom. The SMILES string of the molecule is O=C(O)CN(c1ncnc2ccccc12)C1CC1. The van der Waals surface area contributed by atoms with Gasteiger partial charge in [-0.15, -0.1) is 0 Å². The number of benzene rings is 1. The summed E-state index contributed by atoms with van der Waals surface area (Å²) in [5.74, 6) is -0.102. The molecule has 5 heteroatoms. The van der Waals surface area contributed by atoms with E-state index >= 15 is 0 Å². The van der Waals surface area contributed by atoms with Crippen molar-refractivity contribution in [3.8, 4) is 0 Å². The van der Waals surface area contributed by atoms with Crippen LogP contribution in [0.3, 0.4) is 0 Å². The average Bonchev–Trinajstić information content (AvgIpc) is 3.19. The van der Waals surface area contributed by atoms with Crippen LogP contribution < -0.4 is 4.90 Å². The summed E-state index contributed by atoms with van der Waals surface area (Å²) in [5.41, 5.74) is 0.846. The summed E-state index contributed by atoms with van der Waals surface area (Å²) in [5, 5.41) is 9.92. The van der Waals surface area contributed by atoms with E-state index in [1.54, 1.807) is 0 Å². The summed E-state index contributed by atoms with van der Waals surface area (Å²) in [6.45, 7) is -0.00826. The number of aliphatic carboxylic acids is 1. The third-order valence-electron chi connectivity index (χ3n) is 3.09. The van der Waals surface area contributed by atoms with E-state index in [1.807, 2.05) is 29.2 Å². The van der Waals surface area contributed by atoms with Crippen molar-refractivity contribution >= 4 is 22.7 Å². The molecule has 0 atom stereocenters. The van der Waals surface area contributed by atoms with Gasteiger partial charge >= 0.3 is 5.97 Å². The maximum atomic E-state index is 11.0. The Labute approximate surface area is 104 Å². The van der Waals surface area contributed by atoms with Crippen LogP contribution in [-0.2, 0) is 4.79 Å². The Morgan fingerprint density at radius 2 is 2.11 bits per heavy atom. The third-order valence-corrected chi connectivity index (χ3v) is 3.09. The molecule has 1 saturated carbocycles. The molecule has 1 aromatic heterocycles. The quantitative estimate of drug-likeness (QED) is 0.885. The molecule has 0 saturated heterocycles. The molecular weight excluding hydrogens is 230 g/mol. The molecule has 0 unspecified atom stereocenters. The standard InChI is InChI=1S/C13H13N3O2/c17-12(18)7-16(9-5-6-9)13-10-3-1-2-4-11(10)14-8-15-13/h1-4,8-9H,5-7H2,(H,17,18). The minimum absolute atomic E-state index is 0.00826. The molecule has 0 radical (unpaired) electrons. The van der Waals surface area contributed by atoms with Crippen LogP contribution in [0.2, 0.25) is 0 Å². The lowest BCUT2D eigenvalue weighted by Crippen LogP contribution is -2.32. The number of aromatic nitrogens is 2. The van der Waals surface area contributed by atoms with Crippen molar-refractivity contribution in [2.24, 2.45) is 0 Å². The van der Waals surface area contributed by atoms with E-state index in [-0.39, 0.29) is 6.54 Å². The van der Waals surface area contributed by atoms with Crippen molar-refractivity contribution in [2.45, 2.75) is 18.9 Å². The lowest BCUT2D eigenvalue weighted by atomic mass is 10.2. The first kappa shape index (κ1) is 11.0. The molecule has 2 aromatic rings. The molecule has 1 aromatic carbocycles.